The maximum atomic E-state index is 13.3. The molecule has 0 atom stereocenters. The lowest BCUT2D eigenvalue weighted by Gasteiger charge is -2.24. The SMILES string of the molecule is O=C(NCc1cccc(F)c1)c1cnc2c(c1)CN(Cc1ccccc1)C=N2. The van der Waals surface area contributed by atoms with Crippen molar-refractivity contribution in [2.24, 2.45) is 4.99 Å². The highest BCUT2D eigenvalue weighted by atomic mass is 19.1. The van der Waals surface area contributed by atoms with Crippen molar-refractivity contribution in [1.82, 2.24) is 15.2 Å². The maximum absolute atomic E-state index is 13.3. The highest BCUT2D eigenvalue weighted by Gasteiger charge is 2.16. The molecule has 0 fully saturated rings. The Balaban J connectivity index is 1.43. The van der Waals surface area contributed by atoms with E-state index in [0.717, 1.165) is 12.1 Å². The number of benzene rings is 2. The molecule has 2 aromatic carbocycles. The highest BCUT2D eigenvalue weighted by molar-refractivity contribution is 5.94. The fourth-order valence-corrected chi connectivity index (χ4v) is 3.10. The van der Waals surface area contributed by atoms with Crippen molar-refractivity contribution in [2.75, 3.05) is 0 Å². The predicted molar refractivity (Wildman–Crippen MR) is 106 cm³/mol. The summed E-state index contributed by atoms with van der Waals surface area (Å²) in [6.07, 6.45) is 3.30. The van der Waals surface area contributed by atoms with Crippen molar-refractivity contribution in [3.05, 3.63) is 94.9 Å². The van der Waals surface area contributed by atoms with Gasteiger partial charge in [0.15, 0.2) is 5.82 Å². The molecule has 1 aliphatic rings. The van der Waals surface area contributed by atoms with Crippen LogP contribution in [0.4, 0.5) is 10.2 Å². The molecule has 1 amide bonds. The zero-order valence-electron chi connectivity index (χ0n) is 15.2. The lowest BCUT2D eigenvalue weighted by Crippen LogP contribution is -2.26. The van der Waals surface area contributed by atoms with Crippen molar-refractivity contribution < 1.29 is 9.18 Å². The number of hydrogen-bond donors (Lipinski definition) is 1. The number of carbonyl (C=O) groups is 1. The summed E-state index contributed by atoms with van der Waals surface area (Å²) in [6, 6.07) is 18.1. The summed E-state index contributed by atoms with van der Waals surface area (Å²) in [4.78, 5) is 23.2. The molecule has 0 bridgehead atoms. The van der Waals surface area contributed by atoms with Gasteiger partial charge in [0.2, 0.25) is 0 Å². The summed E-state index contributed by atoms with van der Waals surface area (Å²) < 4.78 is 13.3. The minimum atomic E-state index is -0.321. The van der Waals surface area contributed by atoms with Crippen molar-refractivity contribution >= 4 is 18.1 Å². The van der Waals surface area contributed by atoms with Crippen molar-refractivity contribution in [3.63, 3.8) is 0 Å². The number of nitrogens with zero attached hydrogens (tertiary/aromatic N) is 3. The molecule has 2 heterocycles. The summed E-state index contributed by atoms with van der Waals surface area (Å²) in [5, 5.41) is 2.80. The number of aromatic nitrogens is 1. The van der Waals surface area contributed by atoms with Crippen LogP contribution in [0.25, 0.3) is 0 Å². The molecular formula is C22H19FN4O. The van der Waals surface area contributed by atoms with E-state index in [1.54, 1.807) is 18.5 Å². The molecule has 0 unspecified atom stereocenters. The second-order valence-corrected chi connectivity index (χ2v) is 6.65. The molecule has 5 nitrogen and oxygen atoms in total. The second-order valence-electron chi connectivity index (χ2n) is 6.65. The van der Waals surface area contributed by atoms with E-state index in [4.69, 9.17) is 0 Å². The third-order valence-corrected chi connectivity index (χ3v) is 4.49. The number of aliphatic imine (C=N–C) groups is 1. The van der Waals surface area contributed by atoms with Crippen LogP contribution < -0.4 is 5.32 Å². The molecule has 6 heteroatoms. The van der Waals surface area contributed by atoms with Gasteiger partial charge in [-0.15, -0.1) is 0 Å². The third kappa shape index (κ3) is 4.23. The molecule has 28 heavy (non-hydrogen) atoms. The van der Waals surface area contributed by atoms with E-state index in [1.165, 1.54) is 23.9 Å². The molecule has 140 valence electrons. The molecule has 0 spiro atoms. The molecule has 1 N–H and O–H groups in total. The number of amides is 1. The largest absolute Gasteiger partial charge is 0.354 e. The molecule has 3 aromatic rings. The fraction of sp³-hybridized carbons (Fsp3) is 0.136. The van der Waals surface area contributed by atoms with Crippen LogP contribution in [0.2, 0.25) is 0 Å². The van der Waals surface area contributed by atoms with Gasteiger partial charge in [0.05, 0.1) is 11.9 Å². The number of rotatable bonds is 5. The predicted octanol–water partition coefficient (Wildman–Crippen LogP) is 3.83. The smallest absolute Gasteiger partial charge is 0.253 e. The van der Waals surface area contributed by atoms with Crippen LogP contribution in [-0.4, -0.2) is 22.1 Å². The zero-order chi connectivity index (χ0) is 19.3. The Bertz CT molecular complexity index is 1020. The number of nitrogens with one attached hydrogen (secondary N) is 1. The van der Waals surface area contributed by atoms with Gasteiger partial charge in [-0.1, -0.05) is 42.5 Å². The van der Waals surface area contributed by atoms with Crippen LogP contribution in [0.5, 0.6) is 0 Å². The molecule has 1 aromatic heterocycles. The number of pyridine rings is 1. The van der Waals surface area contributed by atoms with Gasteiger partial charge in [0, 0.05) is 31.4 Å². The first kappa shape index (κ1) is 17.9. The van der Waals surface area contributed by atoms with Crippen LogP contribution in [-0.2, 0) is 19.6 Å². The van der Waals surface area contributed by atoms with E-state index >= 15 is 0 Å². The Morgan fingerprint density at radius 1 is 1.07 bits per heavy atom. The van der Waals surface area contributed by atoms with Gasteiger partial charge in [0.25, 0.3) is 5.91 Å². The van der Waals surface area contributed by atoms with E-state index in [2.05, 4.69) is 32.3 Å². The van der Waals surface area contributed by atoms with E-state index in [0.29, 0.717) is 23.5 Å². The van der Waals surface area contributed by atoms with Crippen LogP contribution >= 0.6 is 0 Å². The lowest BCUT2D eigenvalue weighted by molar-refractivity contribution is 0.0950. The summed E-state index contributed by atoms with van der Waals surface area (Å²) in [5.41, 5.74) is 3.26. The van der Waals surface area contributed by atoms with Crippen LogP contribution in [0, 0.1) is 5.82 Å². The summed E-state index contributed by atoms with van der Waals surface area (Å²) in [5.74, 6) is 0.0632. The number of halogens is 1. The standard InChI is InChI=1S/C22H19FN4O/c23-20-8-4-7-17(9-20)11-25-22(28)18-10-19-14-27(15-26-21(19)24-12-18)13-16-5-2-1-3-6-16/h1-10,12,15H,11,13-14H2,(H,25,28). The third-order valence-electron chi connectivity index (χ3n) is 4.49. The average molecular weight is 374 g/mol. The first-order chi connectivity index (χ1) is 13.7. The zero-order valence-corrected chi connectivity index (χ0v) is 15.2. The fourth-order valence-electron chi connectivity index (χ4n) is 3.10. The number of carbonyl (C=O) groups excluding carboxylic acids is 1. The molecule has 0 aliphatic carbocycles. The Labute approximate surface area is 162 Å². The Hall–Kier alpha value is -3.54. The monoisotopic (exact) mass is 374 g/mol. The minimum absolute atomic E-state index is 0.247. The Morgan fingerprint density at radius 3 is 2.71 bits per heavy atom. The minimum Gasteiger partial charge on any atom is -0.354 e. The first-order valence-corrected chi connectivity index (χ1v) is 9.01. The first-order valence-electron chi connectivity index (χ1n) is 9.01. The molecule has 0 saturated heterocycles. The van der Waals surface area contributed by atoms with E-state index in [1.807, 2.05) is 24.3 Å². The molecule has 4 rings (SSSR count). The average Bonchev–Trinajstić information content (AvgIpc) is 2.72. The highest BCUT2D eigenvalue weighted by Crippen LogP contribution is 2.23. The molecular weight excluding hydrogens is 355 g/mol. The Morgan fingerprint density at radius 2 is 1.89 bits per heavy atom. The van der Waals surface area contributed by atoms with E-state index in [-0.39, 0.29) is 18.3 Å². The van der Waals surface area contributed by atoms with Gasteiger partial charge >= 0.3 is 0 Å². The molecule has 0 radical (unpaired) electrons. The summed E-state index contributed by atoms with van der Waals surface area (Å²) >= 11 is 0. The normalized spacial score (nSPS) is 12.5. The van der Waals surface area contributed by atoms with E-state index < -0.39 is 0 Å². The van der Waals surface area contributed by atoms with Gasteiger partial charge in [-0.05, 0) is 29.3 Å². The molecule has 0 saturated carbocycles. The summed E-state index contributed by atoms with van der Waals surface area (Å²) in [6.45, 7) is 1.62. The van der Waals surface area contributed by atoms with E-state index in [9.17, 15) is 9.18 Å². The van der Waals surface area contributed by atoms with Gasteiger partial charge in [0.1, 0.15) is 5.82 Å². The Kier molecular flexibility index (Phi) is 5.10. The van der Waals surface area contributed by atoms with Crippen molar-refractivity contribution in [1.29, 1.82) is 0 Å². The van der Waals surface area contributed by atoms with Gasteiger partial charge in [-0.2, -0.15) is 0 Å². The lowest BCUT2D eigenvalue weighted by atomic mass is 10.1. The topological polar surface area (TPSA) is 57.6 Å². The maximum Gasteiger partial charge on any atom is 0.253 e. The van der Waals surface area contributed by atoms with Crippen molar-refractivity contribution in [2.45, 2.75) is 19.6 Å². The van der Waals surface area contributed by atoms with Gasteiger partial charge in [-0.25, -0.2) is 14.4 Å². The van der Waals surface area contributed by atoms with Crippen LogP contribution in [0.3, 0.4) is 0 Å². The van der Waals surface area contributed by atoms with Crippen LogP contribution in [0.15, 0.2) is 71.9 Å². The molecule has 1 aliphatic heterocycles. The van der Waals surface area contributed by atoms with Gasteiger partial charge in [-0.3, -0.25) is 4.79 Å². The van der Waals surface area contributed by atoms with Crippen LogP contribution in [0.1, 0.15) is 27.0 Å². The number of fused-ring (bicyclic) bond motifs is 1. The quantitative estimate of drug-likeness (QED) is 0.739. The van der Waals surface area contributed by atoms with Crippen molar-refractivity contribution in [3.8, 4) is 0 Å². The summed E-state index contributed by atoms with van der Waals surface area (Å²) in [7, 11) is 0. The van der Waals surface area contributed by atoms with Gasteiger partial charge < -0.3 is 10.2 Å². The number of hydrogen-bond acceptors (Lipinski definition) is 4. The second kappa shape index (κ2) is 8.00.